The lowest BCUT2D eigenvalue weighted by Crippen LogP contribution is -2.15. The molecule has 3 nitrogen and oxygen atoms in total. The van der Waals surface area contributed by atoms with E-state index in [0.29, 0.717) is 0 Å². The molecule has 0 unspecified atom stereocenters. The fourth-order valence-electron chi connectivity index (χ4n) is 7.99. The number of nitrogens with zero attached hydrogens (tertiary/aromatic N) is 3. The second-order valence-corrected chi connectivity index (χ2v) is 13.0. The number of fused-ring (bicyclic) bond motifs is 12. The Kier molecular flexibility index (Phi) is 5.06. The van der Waals surface area contributed by atoms with Gasteiger partial charge in [-0.2, -0.15) is 0 Å². The van der Waals surface area contributed by atoms with Crippen LogP contribution in [0.4, 0.5) is 0 Å². The van der Waals surface area contributed by atoms with Gasteiger partial charge in [0.25, 0.3) is 0 Å². The minimum Gasteiger partial charge on any atom is -0.309 e. The average Bonchev–Trinajstić information content (AvgIpc) is 3.56. The lowest BCUT2D eigenvalue weighted by Gasteiger charge is -2.23. The quantitative estimate of drug-likeness (QED) is 0.188. The summed E-state index contributed by atoms with van der Waals surface area (Å²) < 4.78 is 2.41. The minimum absolute atomic E-state index is 0.178. The van der Waals surface area contributed by atoms with Crippen LogP contribution in [-0.4, -0.2) is 14.5 Å². The molecule has 0 saturated carbocycles. The maximum atomic E-state index is 5.29. The molecule has 1 aliphatic rings. The van der Waals surface area contributed by atoms with Crippen molar-refractivity contribution in [3.8, 4) is 28.1 Å². The van der Waals surface area contributed by atoms with Crippen LogP contribution in [0.2, 0.25) is 0 Å². The number of aromatic nitrogens is 3. The van der Waals surface area contributed by atoms with Crippen LogP contribution in [0.5, 0.6) is 0 Å². The molecule has 46 heavy (non-hydrogen) atoms. The van der Waals surface area contributed by atoms with E-state index in [4.69, 9.17) is 9.97 Å². The predicted molar refractivity (Wildman–Crippen MR) is 192 cm³/mol. The molecule has 0 spiro atoms. The molecule has 1 aliphatic carbocycles. The molecule has 9 aromatic rings. The molecule has 0 bridgehead atoms. The molecule has 0 atom stereocenters. The largest absolute Gasteiger partial charge is 0.309 e. The summed E-state index contributed by atoms with van der Waals surface area (Å²) in [6.07, 6.45) is 1.95. The highest BCUT2D eigenvalue weighted by atomic mass is 15.0. The van der Waals surface area contributed by atoms with Crippen molar-refractivity contribution in [1.82, 2.24) is 14.5 Å². The maximum absolute atomic E-state index is 5.29. The van der Waals surface area contributed by atoms with Gasteiger partial charge in [0, 0.05) is 38.2 Å². The first kappa shape index (κ1) is 25.5. The zero-order valence-electron chi connectivity index (χ0n) is 25.6. The molecule has 0 N–H and O–H groups in total. The van der Waals surface area contributed by atoms with Gasteiger partial charge in [0.2, 0.25) is 0 Å². The van der Waals surface area contributed by atoms with Gasteiger partial charge in [0.15, 0.2) is 0 Å². The molecule has 216 valence electrons. The molecule has 0 saturated heterocycles. The summed E-state index contributed by atoms with van der Waals surface area (Å²) in [5.41, 5.74) is 12.6. The van der Waals surface area contributed by atoms with Crippen LogP contribution in [0.15, 0.2) is 140 Å². The van der Waals surface area contributed by atoms with E-state index in [0.717, 1.165) is 33.1 Å². The monoisotopic (exact) mass is 587 g/mol. The minimum atomic E-state index is -0.178. The summed E-state index contributed by atoms with van der Waals surface area (Å²) in [6, 6.07) is 48.3. The van der Waals surface area contributed by atoms with Crippen LogP contribution >= 0.6 is 0 Å². The Hall–Kier alpha value is -5.80. The highest BCUT2D eigenvalue weighted by molar-refractivity contribution is 6.23. The van der Waals surface area contributed by atoms with E-state index >= 15 is 0 Å². The second kappa shape index (κ2) is 9.12. The van der Waals surface area contributed by atoms with Gasteiger partial charge in [-0.05, 0) is 63.4 Å². The smallest absolute Gasteiger partial charge is 0.0979 e. The van der Waals surface area contributed by atoms with Crippen molar-refractivity contribution >= 4 is 54.4 Å². The summed E-state index contributed by atoms with van der Waals surface area (Å²) in [7, 11) is 0. The van der Waals surface area contributed by atoms with Crippen molar-refractivity contribution in [3.05, 3.63) is 151 Å². The zero-order valence-corrected chi connectivity index (χ0v) is 25.6. The molecule has 7 aromatic carbocycles. The van der Waals surface area contributed by atoms with Crippen molar-refractivity contribution in [2.24, 2.45) is 0 Å². The third-order valence-corrected chi connectivity index (χ3v) is 10.2. The molecule has 0 fully saturated rings. The predicted octanol–water partition coefficient (Wildman–Crippen LogP) is 11.0. The van der Waals surface area contributed by atoms with Crippen molar-refractivity contribution in [1.29, 1.82) is 0 Å². The average molecular weight is 588 g/mol. The number of hydrogen-bond acceptors (Lipinski definition) is 2. The standard InChI is InChI=1S/C43H29N3/c1-43(2)36-23-26(38-25-44-41-34-15-5-3-11-28(34)29-12-4-6-16-35(29)42(41)45-38)19-21-30(36)31-22-20-27(24-37(31)43)46-39-17-9-7-13-32(39)33-14-8-10-18-40(33)46/h3-25H,1-2H3. The second-order valence-electron chi connectivity index (χ2n) is 13.0. The Morgan fingerprint density at radius 1 is 0.500 bits per heavy atom. The Balaban J connectivity index is 1.13. The summed E-state index contributed by atoms with van der Waals surface area (Å²) in [5.74, 6) is 0. The maximum Gasteiger partial charge on any atom is 0.0979 e. The molecule has 2 heterocycles. The molecule has 0 aliphatic heterocycles. The Bertz CT molecular complexity index is 2640. The number of rotatable bonds is 2. The fraction of sp³-hybridized carbons (Fsp3) is 0.0698. The van der Waals surface area contributed by atoms with E-state index in [-0.39, 0.29) is 5.41 Å². The highest BCUT2D eigenvalue weighted by Gasteiger charge is 2.36. The number of para-hydroxylation sites is 2. The topological polar surface area (TPSA) is 30.7 Å². The summed E-state index contributed by atoms with van der Waals surface area (Å²) in [6.45, 7) is 4.70. The number of hydrogen-bond donors (Lipinski definition) is 0. The number of benzene rings is 7. The van der Waals surface area contributed by atoms with E-state index in [2.05, 4.69) is 152 Å². The van der Waals surface area contributed by atoms with Crippen LogP contribution in [0.25, 0.3) is 82.5 Å². The van der Waals surface area contributed by atoms with E-state index in [1.165, 1.54) is 60.5 Å². The molecule has 2 aromatic heterocycles. The van der Waals surface area contributed by atoms with Gasteiger partial charge >= 0.3 is 0 Å². The van der Waals surface area contributed by atoms with Gasteiger partial charge in [-0.25, -0.2) is 4.98 Å². The molecular formula is C43H29N3. The van der Waals surface area contributed by atoms with Crippen LogP contribution in [0.1, 0.15) is 25.0 Å². The van der Waals surface area contributed by atoms with E-state index in [1.54, 1.807) is 0 Å². The van der Waals surface area contributed by atoms with E-state index < -0.39 is 0 Å². The molecular weight excluding hydrogens is 558 g/mol. The van der Waals surface area contributed by atoms with Crippen LogP contribution in [-0.2, 0) is 5.41 Å². The first-order valence-corrected chi connectivity index (χ1v) is 15.9. The van der Waals surface area contributed by atoms with Crippen LogP contribution in [0, 0.1) is 0 Å². The van der Waals surface area contributed by atoms with Crippen molar-refractivity contribution in [2.75, 3.05) is 0 Å². The van der Waals surface area contributed by atoms with E-state index in [9.17, 15) is 0 Å². The van der Waals surface area contributed by atoms with Crippen molar-refractivity contribution in [2.45, 2.75) is 19.3 Å². The van der Waals surface area contributed by atoms with Crippen LogP contribution < -0.4 is 0 Å². The van der Waals surface area contributed by atoms with Gasteiger partial charge in [0.1, 0.15) is 0 Å². The fourth-order valence-corrected chi connectivity index (χ4v) is 7.99. The summed E-state index contributed by atoms with van der Waals surface area (Å²) >= 11 is 0. The van der Waals surface area contributed by atoms with Gasteiger partial charge in [0.05, 0.1) is 34.0 Å². The Labute approximate surface area is 266 Å². The first-order valence-electron chi connectivity index (χ1n) is 15.9. The van der Waals surface area contributed by atoms with Crippen molar-refractivity contribution < 1.29 is 0 Å². The zero-order chi connectivity index (χ0) is 30.6. The third-order valence-electron chi connectivity index (χ3n) is 10.2. The lowest BCUT2D eigenvalue weighted by molar-refractivity contribution is 0.660. The molecule has 0 radical (unpaired) electrons. The Morgan fingerprint density at radius 3 is 1.67 bits per heavy atom. The van der Waals surface area contributed by atoms with Gasteiger partial charge < -0.3 is 4.57 Å². The van der Waals surface area contributed by atoms with E-state index in [1.807, 2.05) is 6.20 Å². The molecule has 3 heteroatoms. The van der Waals surface area contributed by atoms with Gasteiger partial charge in [-0.1, -0.05) is 117 Å². The summed E-state index contributed by atoms with van der Waals surface area (Å²) in [4.78, 5) is 10.3. The van der Waals surface area contributed by atoms with Gasteiger partial charge in [-0.15, -0.1) is 0 Å². The summed E-state index contributed by atoms with van der Waals surface area (Å²) in [5, 5.41) is 7.26. The first-order chi connectivity index (χ1) is 22.6. The SMILES string of the molecule is CC1(C)c2cc(-c3cnc4c5ccccc5c5ccccc5c4n3)ccc2-c2ccc(-n3c4ccccc4c4ccccc43)cc21. The van der Waals surface area contributed by atoms with Gasteiger partial charge in [-0.3, -0.25) is 4.98 Å². The third kappa shape index (κ3) is 3.37. The van der Waals surface area contributed by atoms with Crippen LogP contribution in [0.3, 0.4) is 0 Å². The van der Waals surface area contributed by atoms with Crippen molar-refractivity contribution in [3.63, 3.8) is 0 Å². The normalized spacial score (nSPS) is 13.6. The molecule has 0 amide bonds. The Morgan fingerprint density at radius 2 is 1.02 bits per heavy atom. The highest BCUT2D eigenvalue weighted by Crippen LogP contribution is 2.50. The lowest BCUT2D eigenvalue weighted by atomic mass is 9.81. The molecule has 10 rings (SSSR count).